The van der Waals surface area contributed by atoms with E-state index in [1.165, 1.54) is 0 Å². The van der Waals surface area contributed by atoms with Crippen LogP contribution in [0.25, 0.3) is 0 Å². The van der Waals surface area contributed by atoms with Crippen LogP contribution in [0.4, 0.5) is 5.82 Å². The summed E-state index contributed by atoms with van der Waals surface area (Å²) >= 11 is 0. The van der Waals surface area contributed by atoms with Crippen LogP contribution in [0.15, 0.2) is 36.4 Å². The van der Waals surface area contributed by atoms with Crippen molar-refractivity contribution in [1.29, 1.82) is 0 Å². The molecule has 26 heavy (non-hydrogen) atoms. The van der Waals surface area contributed by atoms with E-state index >= 15 is 0 Å². The fourth-order valence-corrected chi connectivity index (χ4v) is 3.09. The lowest BCUT2D eigenvalue weighted by Gasteiger charge is -2.33. The van der Waals surface area contributed by atoms with Gasteiger partial charge in [0.15, 0.2) is 5.69 Å². The van der Waals surface area contributed by atoms with Gasteiger partial charge in [0, 0.05) is 39.3 Å². The minimum Gasteiger partial charge on any atom is -0.335 e. The lowest BCUT2D eigenvalue weighted by atomic mass is 10.1. The quantitative estimate of drug-likeness (QED) is 0.880. The second-order valence-corrected chi connectivity index (χ2v) is 6.48. The molecule has 7 nitrogen and oxygen atoms in total. The van der Waals surface area contributed by atoms with E-state index in [0.29, 0.717) is 24.6 Å². The molecule has 1 aromatic heterocycles. The van der Waals surface area contributed by atoms with Crippen LogP contribution in [0.5, 0.6) is 0 Å². The van der Waals surface area contributed by atoms with Crippen LogP contribution >= 0.6 is 0 Å². The number of rotatable bonds is 5. The molecule has 3 rings (SSSR count). The molecule has 1 aliphatic rings. The van der Waals surface area contributed by atoms with Crippen molar-refractivity contribution in [2.45, 2.75) is 13.3 Å². The maximum absolute atomic E-state index is 12.7. The molecule has 0 atom stereocenters. The van der Waals surface area contributed by atoms with Gasteiger partial charge in [-0.1, -0.05) is 37.3 Å². The van der Waals surface area contributed by atoms with Crippen LogP contribution < -0.4 is 5.32 Å². The molecule has 0 bridgehead atoms. The van der Waals surface area contributed by atoms with Crippen LogP contribution in [0.2, 0.25) is 0 Å². The smallest absolute Gasteiger partial charge is 0.274 e. The number of piperazine rings is 1. The molecule has 2 amide bonds. The predicted molar refractivity (Wildman–Crippen MR) is 100 cm³/mol. The number of likely N-dealkylation sites (N-methyl/N-ethyl adjacent to an activating group) is 1. The van der Waals surface area contributed by atoms with Crippen LogP contribution in [-0.2, 0) is 18.3 Å². The standard InChI is InChI=1S/C19H25N5O2/c1-3-23-9-11-24(12-10-23)19(26)16-14-17(22(2)21-16)20-18(25)13-15-7-5-4-6-8-15/h4-8,14H,3,9-13H2,1-2H3,(H,20,25). The summed E-state index contributed by atoms with van der Waals surface area (Å²) in [5.41, 5.74) is 1.31. The van der Waals surface area contributed by atoms with Gasteiger partial charge in [-0.25, -0.2) is 0 Å². The molecule has 0 aliphatic carbocycles. The summed E-state index contributed by atoms with van der Waals surface area (Å²) in [6, 6.07) is 11.2. The van der Waals surface area contributed by atoms with Crippen LogP contribution in [0, 0.1) is 0 Å². The Bertz CT molecular complexity index is 763. The maximum atomic E-state index is 12.7. The number of hydrogen-bond acceptors (Lipinski definition) is 4. The van der Waals surface area contributed by atoms with E-state index in [1.54, 1.807) is 17.8 Å². The molecule has 1 aromatic carbocycles. The Labute approximate surface area is 153 Å². The molecule has 2 heterocycles. The van der Waals surface area contributed by atoms with E-state index in [-0.39, 0.29) is 18.2 Å². The molecule has 1 aliphatic heterocycles. The molecule has 138 valence electrons. The first kappa shape index (κ1) is 18.1. The normalized spacial score (nSPS) is 15.1. The van der Waals surface area contributed by atoms with Crippen molar-refractivity contribution >= 4 is 17.6 Å². The number of benzene rings is 1. The Kier molecular flexibility index (Phi) is 5.68. The van der Waals surface area contributed by atoms with Crippen molar-refractivity contribution in [1.82, 2.24) is 19.6 Å². The zero-order valence-corrected chi connectivity index (χ0v) is 15.3. The first-order chi connectivity index (χ1) is 12.6. The van der Waals surface area contributed by atoms with Gasteiger partial charge in [0.2, 0.25) is 5.91 Å². The Balaban J connectivity index is 1.61. The van der Waals surface area contributed by atoms with Gasteiger partial charge in [-0.3, -0.25) is 14.3 Å². The lowest BCUT2D eigenvalue weighted by molar-refractivity contribution is -0.115. The number of nitrogens with one attached hydrogen (secondary N) is 1. The molecule has 0 radical (unpaired) electrons. The number of anilines is 1. The lowest BCUT2D eigenvalue weighted by Crippen LogP contribution is -2.48. The van der Waals surface area contributed by atoms with Crippen molar-refractivity contribution in [2.24, 2.45) is 7.05 Å². The second kappa shape index (κ2) is 8.14. The fraction of sp³-hybridized carbons (Fsp3) is 0.421. The van der Waals surface area contributed by atoms with Crippen molar-refractivity contribution in [3.63, 3.8) is 0 Å². The average Bonchev–Trinajstić information content (AvgIpc) is 3.02. The SMILES string of the molecule is CCN1CCN(C(=O)c2cc(NC(=O)Cc3ccccc3)n(C)n2)CC1. The number of hydrogen-bond donors (Lipinski definition) is 1. The molecule has 2 aromatic rings. The third-order valence-corrected chi connectivity index (χ3v) is 4.68. The summed E-state index contributed by atoms with van der Waals surface area (Å²) in [7, 11) is 1.73. The minimum absolute atomic E-state index is 0.0834. The van der Waals surface area contributed by atoms with Gasteiger partial charge in [0.05, 0.1) is 6.42 Å². The Morgan fingerprint density at radius 2 is 1.81 bits per heavy atom. The van der Waals surface area contributed by atoms with E-state index in [1.807, 2.05) is 35.2 Å². The summed E-state index contributed by atoms with van der Waals surface area (Å²) in [6.45, 7) is 6.31. The minimum atomic E-state index is -0.130. The topological polar surface area (TPSA) is 70.5 Å². The van der Waals surface area contributed by atoms with Crippen LogP contribution in [-0.4, -0.2) is 64.1 Å². The number of nitrogens with zero attached hydrogens (tertiary/aromatic N) is 4. The maximum Gasteiger partial charge on any atom is 0.274 e. The van der Waals surface area contributed by atoms with E-state index in [2.05, 4.69) is 22.2 Å². The van der Waals surface area contributed by atoms with Gasteiger partial charge in [-0.05, 0) is 12.1 Å². The summed E-state index contributed by atoms with van der Waals surface area (Å²) < 4.78 is 1.54. The van der Waals surface area contributed by atoms with Gasteiger partial charge in [0.1, 0.15) is 5.82 Å². The van der Waals surface area contributed by atoms with Gasteiger partial charge in [0.25, 0.3) is 5.91 Å². The van der Waals surface area contributed by atoms with E-state index in [4.69, 9.17) is 0 Å². The van der Waals surface area contributed by atoms with Gasteiger partial charge < -0.3 is 15.1 Å². The number of aryl methyl sites for hydroxylation is 1. The molecular formula is C19H25N5O2. The predicted octanol–water partition coefficient (Wildman–Crippen LogP) is 1.38. The highest BCUT2D eigenvalue weighted by atomic mass is 16.2. The fourth-order valence-electron chi connectivity index (χ4n) is 3.09. The van der Waals surface area contributed by atoms with Crippen LogP contribution in [0.1, 0.15) is 23.0 Å². The summed E-state index contributed by atoms with van der Waals surface area (Å²) in [5, 5.41) is 7.12. The number of amides is 2. The van der Waals surface area contributed by atoms with Gasteiger partial charge in [-0.2, -0.15) is 5.10 Å². The van der Waals surface area contributed by atoms with Gasteiger partial charge >= 0.3 is 0 Å². The Morgan fingerprint density at radius 1 is 1.12 bits per heavy atom. The molecule has 7 heteroatoms. The molecule has 1 saturated heterocycles. The van der Waals surface area contributed by atoms with E-state index in [0.717, 1.165) is 25.2 Å². The molecule has 0 spiro atoms. The summed E-state index contributed by atoms with van der Waals surface area (Å²) in [5.74, 6) is 0.316. The second-order valence-electron chi connectivity index (χ2n) is 6.48. The largest absolute Gasteiger partial charge is 0.335 e. The van der Waals surface area contributed by atoms with Crippen molar-refractivity contribution in [2.75, 3.05) is 38.0 Å². The molecule has 0 unspecified atom stereocenters. The highest BCUT2D eigenvalue weighted by Gasteiger charge is 2.24. The monoisotopic (exact) mass is 355 g/mol. The zero-order valence-electron chi connectivity index (χ0n) is 15.3. The highest BCUT2D eigenvalue weighted by molar-refractivity contribution is 5.96. The Hall–Kier alpha value is -2.67. The summed E-state index contributed by atoms with van der Waals surface area (Å²) in [6.07, 6.45) is 0.286. The average molecular weight is 355 g/mol. The molecule has 1 N–H and O–H groups in total. The van der Waals surface area contributed by atoms with Crippen molar-refractivity contribution in [3.8, 4) is 0 Å². The molecule has 0 saturated carbocycles. The van der Waals surface area contributed by atoms with E-state index in [9.17, 15) is 9.59 Å². The van der Waals surface area contributed by atoms with Crippen LogP contribution in [0.3, 0.4) is 0 Å². The third kappa shape index (κ3) is 4.29. The first-order valence-electron chi connectivity index (χ1n) is 8.96. The third-order valence-electron chi connectivity index (χ3n) is 4.68. The zero-order chi connectivity index (χ0) is 18.5. The number of carbonyl (C=O) groups excluding carboxylic acids is 2. The molecule has 1 fully saturated rings. The highest BCUT2D eigenvalue weighted by Crippen LogP contribution is 2.14. The molecular weight excluding hydrogens is 330 g/mol. The van der Waals surface area contributed by atoms with Gasteiger partial charge in [-0.15, -0.1) is 0 Å². The van der Waals surface area contributed by atoms with Crippen molar-refractivity contribution in [3.05, 3.63) is 47.7 Å². The summed E-state index contributed by atoms with van der Waals surface area (Å²) in [4.78, 5) is 29.0. The first-order valence-corrected chi connectivity index (χ1v) is 8.96. The Morgan fingerprint density at radius 3 is 2.46 bits per heavy atom. The number of aromatic nitrogens is 2. The van der Waals surface area contributed by atoms with Crippen molar-refractivity contribution < 1.29 is 9.59 Å². The number of carbonyl (C=O) groups is 2. The van der Waals surface area contributed by atoms with E-state index < -0.39 is 0 Å².